The van der Waals surface area contributed by atoms with Crippen molar-refractivity contribution in [2.24, 2.45) is 4.99 Å². The Labute approximate surface area is 164 Å². The first kappa shape index (κ1) is 21.4. The summed E-state index contributed by atoms with van der Waals surface area (Å²) in [6.45, 7) is 3.64. The fraction of sp³-hybridized carbons (Fsp3) is 0.400. The number of nitrogens with one attached hydrogen (secondary N) is 2. The van der Waals surface area contributed by atoms with Crippen molar-refractivity contribution in [3.8, 4) is 11.5 Å². The van der Waals surface area contributed by atoms with Gasteiger partial charge in [-0.2, -0.15) is 8.78 Å². The number of hydrogen-bond donors (Lipinski definition) is 2. The number of halogens is 2. The van der Waals surface area contributed by atoms with E-state index in [2.05, 4.69) is 25.3 Å². The van der Waals surface area contributed by atoms with Crippen LogP contribution in [0.4, 0.5) is 8.78 Å². The van der Waals surface area contributed by atoms with E-state index < -0.39 is 6.61 Å². The zero-order valence-electron chi connectivity index (χ0n) is 16.8. The second kappa shape index (κ2) is 9.87. The first-order chi connectivity index (χ1) is 13.3. The lowest BCUT2D eigenvalue weighted by atomic mass is 10.1. The Bertz CT molecular complexity index is 841. The summed E-state index contributed by atoms with van der Waals surface area (Å²) in [6, 6.07) is 5.07. The van der Waals surface area contributed by atoms with Crippen LogP contribution in [0.2, 0.25) is 0 Å². The Morgan fingerprint density at radius 3 is 2.54 bits per heavy atom. The number of aryl methyl sites for hydroxylation is 2. The number of rotatable bonds is 7. The average Bonchev–Trinajstić information content (AvgIpc) is 2.65. The summed E-state index contributed by atoms with van der Waals surface area (Å²) in [6.07, 6.45) is 1.76. The van der Waals surface area contributed by atoms with Gasteiger partial charge in [-0.05, 0) is 26.8 Å². The zero-order valence-corrected chi connectivity index (χ0v) is 16.8. The molecular formula is C20H26F2N4O2. The molecule has 0 radical (unpaired) electrons. The third kappa shape index (κ3) is 5.55. The van der Waals surface area contributed by atoms with Gasteiger partial charge in [0.2, 0.25) is 0 Å². The Morgan fingerprint density at radius 1 is 1.18 bits per heavy atom. The van der Waals surface area contributed by atoms with Gasteiger partial charge in [-0.15, -0.1) is 0 Å². The summed E-state index contributed by atoms with van der Waals surface area (Å²) < 4.78 is 35.2. The van der Waals surface area contributed by atoms with E-state index in [4.69, 9.17) is 4.74 Å². The zero-order chi connectivity index (χ0) is 20.7. The van der Waals surface area contributed by atoms with E-state index in [1.807, 2.05) is 20.8 Å². The van der Waals surface area contributed by atoms with Gasteiger partial charge in [0.05, 0.1) is 19.3 Å². The van der Waals surface area contributed by atoms with Crippen molar-refractivity contribution in [2.45, 2.75) is 40.5 Å². The molecule has 1 aromatic carbocycles. The molecule has 1 heterocycles. The normalized spacial score (nSPS) is 11.5. The molecule has 0 amide bonds. The quantitative estimate of drug-likeness (QED) is 0.558. The van der Waals surface area contributed by atoms with E-state index in [-0.39, 0.29) is 12.3 Å². The molecule has 2 rings (SSSR count). The lowest BCUT2D eigenvalue weighted by molar-refractivity contribution is -0.0504. The van der Waals surface area contributed by atoms with E-state index in [1.54, 1.807) is 38.6 Å². The summed E-state index contributed by atoms with van der Waals surface area (Å²) >= 11 is 0. The van der Waals surface area contributed by atoms with Gasteiger partial charge in [0.25, 0.3) is 0 Å². The molecule has 0 aliphatic heterocycles. The maximum absolute atomic E-state index is 12.6. The number of benzene rings is 1. The van der Waals surface area contributed by atoms with Gasteiger partial charge in [-0.1, -0.05) is 17.7 Å². The fourth-order valence-electron chi connectivity index (χ4n) is 2.87. The van der Waals surface area contributed by atoms with Gasteiger partial charge in [-0.25, -0.2) is 0 Å². The minimum absolute atomic E-state index is 0.143. The highest BCUT2D eigenvalue weighted by Crippen LogP contribution is 2.24. The molecular weight excluding hydrogens is 366 g/mol. The smallest absolute Gasteiger partial charge is 0.387 e. The average molecular weight is 392 g/mol. The minimum Gasteiger partial charge on any atom is -0.496 e. The van der Waals surface area contributed by atoms with Gasteiger partial charge < -0.3 is 20.1 Å². The Kier molecular flexibility index (Phi) is 7.54. The predicted octanol–water partition coefficient (Wildman–Crippen LogP) is 3.48. The topological polar surface area (TPSA) is 67.8 Å². The van der Waals surface area contributed by atoms with Crippen LogP contribution in [-0.2, 0) is 13.1 Å². The van der Waals surface area contributed by atoms with E-state index in [0.717, 1.165) is 28.1 Å². The van der Waals surface area contributed by atoms with Crippen molar-refractivity contribution in [1.29, 1.82) is 0 Å². The van der Waals surface area contributed by atoms with Gasteiger partial charge in [0.1, 0.15) is 11.5 Å². The lowest BCUT2D eigenvalue weighted by Gasteiger charge is -2.16. The molecule has 152 valence electrons. The van der Waals surface area contributed by atoms with Crippen LogP contribution in [0.5, 0.6) is 11.5 Å². The van der Waals surface area contributed by atoms with Gasteiger partial charge in [-0.3, -0.25) is 9.98 Å². The monoisotopic (exact) mass is 392 g/mol. The predicted molar refractivity (Wildman–Crippen MR) is 105 cm³/mol. The van der Waals surface area contributed by atoms with E-state index in [9.17, 15) is 8.78 Å². The number of methoxy groups -OCH3 is 1. The van der Waals surface area contributed by atoms with Crippen molar-refractivity contribution in [3.05, 3.63) is 52.3 Å². The molecule has 0 unspecified atom stereocenters. The molecule has 0 fully saturated rings. The Balaban J connectivity index is 2.04. The summed E-state index contributed by atoms with van der Waals surface area (Å²) in [5.41, 5.74) is 4.33. The van der Waals surface area contributed by atoms with Crippen molar-refractivity contribution < 1.29 is 18.3 Å². The van der Waals surface area contributed by atoms with Crippen LogP contribution in [0.25, 0.3) is 0 Å². The van der Waals surface area contributed by atoms with Crippen LogP contribution in [0, 0.1) is 20.8 Å². The number of guanidine groups is 1. The Morgan fingerprint density at radius 2 is 1.89 bits per heavy atom. The number of nitrogens with zero attached hydrogens (tertiary/aromatic N) is 2. The molecule has 0 atom stereocenters. The molecule has 0 spiro atoms. The molecule has 28 heavy (non-hydrogen) atoms. The third-order valence-electron chi connectivity index (χ3n) is 4.27. The molecule has 2 N–H and O–H groups in total. The van der Waals surface area contributed by atoms with Crippen LogP contribution in [-0.4, -0.2) is 31.7 Å². The highest BCUT2D eigenvalue weighted by Gasteiger charge is 2.12. The summed E-state index contributed by atoms with van der Waals surface area (Å²) in [5.74, 6) is 1.47. The number of alkyl halides is 2. The van der Waals surface area contributed by atoms with Crippen LogP contribution in [0.3, 0.4) is 0 Å². The van der Waals surface area contributed by atoms with Gasteiger partial charge in [0.15, 0.2) is 5.96 Å². The molecule has 8 heteroatoms. The molecule has 0 aliphatic carbocycles. The molecule has 1 aromatic heterocycles. The van der Waals surface area contributed by atoms with E-state index in [1.165, 1.54) is 0 Å². The van der Waals surface area contributed by atoms with Crippen LogP contribution in [0.15, 0.2) is 29.4 Å². The molecule has 0 bridgehead atoms. The highest BCUT2D eigenvalue weighted by atomic mass is 19.3. The summed E-state index contributed by atoms with van der Waals surface area (Å²) in [7, 11) is 3.27. The third-order valence-corrected chi connectivity index (χ3v) is 4.27. The van der Waals surface area contributed by atoms with Crippen molar-refractivity contribution >= 4 is 5.96 Å². The number of aromatic nitrogens is 1. The van der Waals surface area contributed by atoms with Gasteiger partial charge >= 0.3 is 6.61 Å². The van der Waals surface area contributed by atoms with Gasteiger partial charge in [0, 0.05) is 36.5 Å². The molecule has 6 nitrogen and oxygen atoms in total. The Hall–Kier alpha value is -2.90. The SMILES string of the molecule is CN=C(NCc1cc(C)ccc1OC(F)F)NCc1ncc(C)c(OC)c1C. The molecule has 2 aromatic rings. The second-order valence-electron chi connectivity index (χ2n) is 6.32. The first-order valence-electron chi connectivity index (χ1n) is 8.83. The lowest BCUT2D eigenvalue weighted by Crippen LogP contribution is -2.36. The first-order valence-corrected chi connectivity index (χ1v) is 8.83. The molecule has 0 saturated carbocycles. The van der Waals surface area contributed by atoms with E-state index in [0.29, 0.717) is 18.1 Å². The minimum atomic E-state index is -2.87. The molecule has 0 aliphatic rings. The number of pyridine rings is 1. The van der Waals surface area contributed by atoms with Crippen molar-refractivity contribution in [3.63, 3.8) is 0 Å². The number of ether oxygens (including phenoxy) is 2. The van der Waals surface area contributed by atoms with Crippen LogP contribution >= 0.6 is 0 Å². The number of aliphatic imine (C=N–C) groups is 1. The fourth-order valence-corrected chi connectivity index (χ4v) is 2.87. The van der Waals surface area contributed by atoms with Crippen molar-refractivity contribution in [1.82, 2.24) is 15.6 Å². The number of hydrogen-bond acceptors (Lipinski definition) is 4. The van der Waals surface area contributed by atoms with Crippen molar-refractivity contribution in [2.75, 3.05) is 14.2 Å². The summed E-state index contributed by atoms with van der Waals surface area (Å²) in [4.78, 5) is 8.61. The van der Waals surface area contributed by atoms with E-state index >= 15 is 0 Å². The highest BCUT2D eigenvalue weighted by molar-refractivity contribution is 5.79. The maximum Gasteiger partial charge on any atom is 0.387 e. The summed E-state index contributed by atoms with van der Waals surface area (Å²) in [5, 5.41) is 6.29. The largest absolute Gasteiger partial charge is 0.496 e. The molecule has 0 saturated heterocycles. The standard InChI is InChI=1S/C20H26F2N4O2/c1-12-6-7-17(28-19(21)22)15(8-12)10-25-20(23-4)26-11-16-14(3)18(27-5)13(2)9-24-16/h6-9,19H,10-11H2,1-5H3,(H2,23,25,26). The van der Waals surface area contributed by atoms with Crippen LogP contribution in [0.1, 0.15) is 27.9 Å². The maximum atomic E-state index is 12.6. The van der Waals surface area contributed by atoms with Crippen LogP contribution < -0.4 is 20.1 Å². The second-order valence-corrected chi connectivity index (χ2v) is 6.32.